The summed E-state index contributed by atoms with van der Waals surface area (Å²) >= 11 is 1.82. The zero-order valence-corrected chi connectivity index (χ0v) is 19.5. The molecule has 1 atom stereocenters. The van der Waals surface area contributed by atoms with E-state index in [0.29, 0.717) is 26.1 Å². The van der Waals surface area contributed by atoms with Crippen LogP contribution in [0.25, 0.3) is 0 Å². The summed E-state index contributed by atoms with van der Waals surface area (Å²) in [5.41, 5.74) is 2.58. The standard InChI is InChI=1S/C23H31N3O3S2/c27-23(9-6-16-31(28,29)26-12-4-5-13-26)24-17-21(19-7-2-1-3-8-19)25-14-10-22-20(18-25)11-15-30-22/h1-3,7-8,11,15,21H,4-6,9-10,12-14,16-18H2,(H,24,27). The highest BCUT2D eigenvalue weighted by Crippen LogP contribution is 2.30. The number of nitrogens with zero attached hydrogens (tertiary/aromatic N) is 2. The first kappa shape index (κ1) is 22.5. The molecule has 3 heterocycles. The molecule has 1 amide bonds. The van der Waals surface area contributed by atoms with Crippen molar-refractivity contribution in [2.24, 2.45) is 0 Å². The van der Waals surface area contributed by atoms with Crippen molar-refractivity contribution in [3.63, 3.8) is 0 Å². The Morgan fingerprint density at radius 2 is 1.87 bits per heavy atom. The van der Waals surface area contributed by atoms with E-state index in [1.807, 2.05) is 29.5 Å². The summed E-state index contributed by atoms with van der Waals surface area (Å²) in [6, 6.07) is 12.6. The number of nitrogens with one attached hydrogen (secondary N) is 1. The zero-order valence-electron chi connectivity index (χ0n) is 17.8. The Labute approximate surface area is 189 Å². The Hall–Kier alpha value is -1.74. The Bertz CT molecular complexity index is 969. The number of rotatable bonds is 9. The van der Waals surface area contributed by atoms with Crippen molar-refractivity contribution < 1.29 is 13.2 Å². The average molecular weight is 462 g/mol. The molecule has 31 heavy (non-hydrogen) atoms. The SMILES string of the molecule is O=C(CCCS(=O)(=O)N1CCCC1)NCC(c1ccccc1)N1CCc2sccc2C1. The molecular formula is C23H31N3O3S2. The first-order valence-electron chi connectivity index (χ1n) is 11.1. The van der Waals surface area contributed by atoms with E-state index in [2.05, 4.69) is 33.8 Å². The fourth-order valence-corrected chi connectivity index (χ4v) is 6.95. The van der Waals surface area contributed by atoms with Crippen LogP contribution in [0.3, 0.4) is 0 Å². The highest BCUT2D eigenvalue weighted by Gasteiger charge is 2.27. The summed E-state index contributed by atoms with van der Waals surface area (Å²) in [6.07, 6.45) is 3.51. The molecule has 1 saturated heterocycles. The lowest BCUT2D eigenvalue weighted by atomic mass is 10.0. The molecule has 4 rings (SSSR count). The first-order chi connectivity index (χ1) is 15.0. The van der Waals surface area contributed by atoms with E-state index < -0.39 is 10.0 Å². The second-order valence-electron chi connectivity index (χ2n) is 8.35. The van der Waals surface area contributed by atoms with Crippen LogP contribution in [-0.4, -0.2) is 55.5 Å². The lowest BCUT2D eigenvalue weighted by molar-refractivity contribution is -0.121. The topological polar surface area (TPSA) is 69.7 Å². The molecule has 1 unspecified atom stereocenters. The van der Waals surface area contributed by atoms with Gasteiger partial charge in [0.05, 0.1) is 11.8 Å². The molecule has 168 valence electrons. The fraction of sp³-hybridized carbons (Fsp3) is 0.522. The minimum atomic E-state index is -3.22. The number of fused-ring (bicyclic) bond motifs is 1. The van der Waals surface area contributed by atoms with Crippen LogP contribution in [0, 0.1) is 0 Å². The monoisotopic (exact) mass is 461 g/mol. The van der Waals surface area contributed by atoms with Crippen molar-refractivity contribution in [2.75, 3.05) is 31.9 Å². The minimum Gasteiger partial charge on any atom is -0.354 e. The van der Waals surface area contributed by atoms with Gasteiger partial charge in [0.15, 0.2) is 0 Å². The third-order valence-electron chi connectivity index (χ3n) is 6.22. The Morgan fingerprint density at radius 3 is 2.65 bits per heavy atom. The third-order valence-corrected chi connectivity index (χ3v) is 9.20. The van der Waals surface area contributed by atoms with Gasteiger partial charge in [-0.05, 0) is 48.3 Å². The van der Waals surface area contributed by atoms with Gasteiger partial charge in [-0.25, -0.2) is 12.7 Å². The van der Waals surface area contributed by atoms with Gasteiger partial charge in [0.2, 0.25) is 15.9 Å². The molecule has 2 aliphatic heterocycles. The van der Waals surface area contributed by atoms with Crippen molar-refractivity contribution >= 4 is 27.3 Å². The molecule has 2 aliphatic rings. The number of carbonyl (C=O) groups is 1. The molecule has 0 saturated carbocycles. The normalized spacial score (nSPS) is 18.6. The second kappa shape index (κ2) is 10.3. The Balaban J connectivity index is 1.32. The van der Waals surface area contributed by atoms with Gasteiger partial charge in [-0.15, -0.1) is 11.3 Å². The largest absolute Gasteiger partial charge is 0.354 e. The molecule has 0 aliphatic carbocycles. The molecule has 6 nitrogen and oxygen atoms in total. The molecule has 1 fully saturated rings. The van der Waals surface area contributed by atoms with Crippen molar-refractivity contribution in [3.05, 3.63) is 57.8 Å². The molecule has 0 radical (unpaired) electrons. The number of hydrogen-bond donors (Lipinski definition) is 1. The van der Waals surface area contributed by atoms with E-state index in [0.717, 1.165) is 32.4 Å². The maximum absolute atomic E-state index is 12.5. The Morgan fingerprint density at radius 1 is 1.10 bits per heavy atom. The third kappa shape index (κ3) is 5.74. The van der Waals surface area contributed by atoms with Gasteiger partial charge in [-0.2, -0.15) is 0 Å². The van der Waals surface area contributed by atoms with Crippen LogP contribution in [0.2, 0.25) is 0 Å². The Kier molecular flexibility index (Phi) is 7.43. The number of thiophene rings is 1. The van der Waals surface area contributed by atoms with Crippen LogP contribution < -0.4 is 5.32 Å². The number of amides is 1. The first-order valence-corrected chi connectivity index (χ1v) is 13.6. The quantitative estimate of drug-likeness (QED) is 0.623. The number of sulfonamides is 1. The lowest BCUT2D eigenvalue weighted by Gasteiger charge is -2.35. The summed E-state index contributed by atoms with van der Waals surface area (Å²) in [7, 11) is -3.22. The van der Waals surface area contributed by atoms with E-state index in [-0.39, 0.29) is 24.1 Å². The maximum Gasteiger partial charge on any atom is 0.220 e. The van der Waals surface area contributed by atoms with E-state index in [4.69, 9.17) is 0 Å². The molecule has 0 bridgehead atoms. The molecular weight excluding hydrogens is 430 g/mol. The molecule has 1 N–H and O–H groups in total. The predicted octanol–water partition coefficient (Wildman–Crippen LogP) is 3.17. The highest BCUT2D eigenvalue weighted by atomic mass is 32.2. The van der Waals surface area contributed by atoms with E-state index >= 15 is 0 Å². The van der Waals surface area contributed by atoms with Crippen molar-refractivity contribution in [1.29, 1.82) is 0 Å². The maximum atomic E-state index is 12.5. The molecule has 2 aromatic rings. The average Bonchev–Trinajstić information content (AvgIpc) is 3.47. The smallest absolute Gasteiger partial charge is 0.220 e. The van der Waals surface area contributed by atoms with E-state index in [9.17, 15) is 13.2 Å². The van der Waals surface area contributed by atoms with Gasteiger partial charge >= 0.3 is 0 Å². The number of hydrogen-bond acceptors (Lipinski definition) is 5. The zero-order chi connectivity index (χ0) is 21.7. The summed E-state index contributed by atoms with van der Waals surface area (Å²) in [5.74, 6) is -0.0268. The van der Waals surface area contributed by atoms with Crippen LogP contribution in [0.5, 0.6) is 0 Å². The van der Waals surface area contributed by atoms with Crippen LogP contribution in [0.15, 0.2) is 41.8 Å². The molecule has 8 heteroatoms. The van der Waals surface area contributed by atoms with Gasteiger partial charge in [-0.1, -0.05) is 30.3 Å². The van der Waals surface area contributed by atoms with Crippen LogP contribution in [0.4, 0.5) is 0 Å². The highest BCUT2D eigenvalue weighted by molar-refractivity contribution is 7.89. The second-order valence-corrected chi connectivity index (χ2v) is 11.4. The minimum absolute atomic E-state index is 0.0512. The van der Waals surface area contributed by atoms with Gasteiger partial charge < -0.3 is 5.32 Å². The van der Waals surface area contributed by atoms with Gasteiger partial charge in [0.1, 0.15) is 0 Å². The predicted molar refractivity (Wildman–Crippen MR) is 124 cm³/mol. The van der Waals surface area contributed by atoms with Gasteiger partial charge in [-0.3, -0.25) is 9.69 Å². The fourth-order valence-electron chi connectivity index (χ4n) is 4.48. The summed E-state index contributed by atoms with van der Waals surface area (Å²) in [5, 5.41) is 5.22. The number of carbonyl (C=O) groups excluding carboxylic acids is 1. The van der Waals surface area contributed by atoms with Crippen molar-refractivity contribution in [2.45, 2.75) is 44.7 Å². The van der Waals surface area contributed by atoms with Crippen LogP contribution >= 0.6 is 11.3 Å². The van der Waals surface area contributed by atoms with Crippen LogP contribution in [-0.2, 0) is 27.8 Å². The van der Waals surface area contributed by atoms with Crippen molar-refractivity contribution in [3.8, 4) is 0 Å². The van der Waals surface area contributed by atoms with E-state index in [1.54, 1.807) is 4.31 Å². The molecule has 1 aromatic carbocycles. The lowest BCUT2D eigenvalue weighted by Crippen LogP contribution is -2.40. The molecule has 0 spiro atoms. The van der Waals surface area contributed by atoms with Crippen molar-refractivity contribution in [1.82, 2.24) is 14.5 Å². The summed E-state index contributed by atoms with van der Waals surface area (Å²) in [6.45, 7) is 3.63. The summed E-state index contributed by atoms with van der Waals surface area (Å²) in [4.78, 5) is 16.4. The van der Waals surface area contributed by atoms with E-state index in [1.165, 1.54) is 16.0 Å². The summed E-state index contributed by atoms with van der Waals surface area (Å²) < 4.78 is 26.2. The van der Waals surface area contributed by atoms with Gasteiger partial charge in [0.25, 0.3) is 0 Å². The molecule has 1 aromatic heterocycles. The van der Waals surface area contributed by atoms with Crippen LogP contribution in [0.1, 0.15) is 47.7 Å². The number of benzene rings is 1. The van der Waals surface area contributed by atoms with Gasteiger partial charge in [0, 0.05) is 44.0 Å².